The average Bonchev–Trinajstić information content (AvgIpc) is 3.20. The fourth-order valence-corrected chi connectivity index (χ4v) is 3.22. The van der Waals surface area contributed by atoms with Crippen LogP contribution in [0, 0.1) is 0 Å². The van der Waals surface area contributed by atoms with Gasteiger partial charge in [0, 0.05) is 30.4 Å². The van der Waals surface area contributed by atoms with Gasteiger partial charge in [0.05, 0.1) is 0 Å². The molecule has 26 heavy (non-hydrogen) atoms. The van der Waals surface area contributed by atoms with Gasteiger partial charge in [0.15, 0.2) is 0 Å². The summed E-state index contributed by atoms with van der Waals surface area (Å²) in [7, 11) is 0. The van der Waals surface area contributed by atoms with Crippen LogP contribution in [-0.4, -0.2) is 46.3 Å². The minimum Gasteiger partial charge on any atom is -0.492 e. The lowest BCUT2D eigenvalue weighted by Crippen LogP contribution is -2.35. The molecule has 3 aromatic rings. The number of ether oxygens (including phenoxy) is 1. The summed E-state index contributed by atoms with van der Waals surface area (Å²) in [6, 6.07) is 13.7. The van der Waals surface area contributed by atoms with Crippen molar-refractivity contribution in [1.82, 2.24) is 20.1 Å². The Labute approximate surface area is 152 Å². The second-order valence-electron chi connectivity index (χ2n) is 6.46. The van der Waals surface area contributed by atoms with Gasteiger partial charge in [0.2, 0.25) is 11.8 Å². The highest BCUT2D eigenvalue weighted by molar-refractivity contribution is 5.50. The number of hydrogen-bond donors (Lipinski definition) is 0. The number of para-hydroxylation sites is 1. The Bertz CT molecular complexity index is 799. The number of hydrogen-bond acceptors (Lipinski definition) is 6. The van der Waals surface area contributed by atoms with E-state index in [1.54, 1.807) is 12.4 Å². The van der Waals surface area contributed by atoms with Crippen LogP contribution in [0.25, 0.3) is 11.5 Å². The third-order valence-corrected chi connectivity index (χ3v) is 4.72. The fourth-order valence-electron chi connectivity index (χ4n) is 3.22. The number of piperidine rings is 1. The molecule has 1 aliphatic heterocycles. The maximum atomic E-state index is 5.89. The molecule has 0 saturated carbocycles. The largest absolute Gasteiger partial charge is 0.492 e. The minimum atomic E-state index is 0.337. The van der Waals surface area contributed by atoms with Crippen LogP contribution >= 0.6 is 0 Å². The van der Waals surface area contributed by atoms with Gasteiger partial charge >= 0.3 is 0 Å². The lowest BCUT2D eigenvalue weighted by Gasteiger charge is -2.30. The van der Waals surface area contributed by atoms with Gasteiger partial charge < -0.3 is 9.15 Å². The standard InChI is InChI=1S/C20H22N4O2/c1-2-4-18(5-3-1)25-15-14-24-12-8-17(9-13-24)20-23-22-19(26-20)16-6-10-21-11-7-16/h1-7,10-11,17H,8-9,12-15H2. The molecule has 1 aliphatic rings. The molecule has 4 rings (SSSR count). The van der Waals surface area contributed by atoms with E-state index >= 15 is 0 Å². The van der Waals surface area contributed by atoms with Crippen molar-refractivity contribution >= 4 is 0 Å². The molecule has 134 valence electrons. The van der Waals surface area contributed by atoms with E-state index in [0.29, 0.717) is 18.4 Å². The zero-order valence-electron chi connectivity index (χ0n) is 14.6. The third kappa shape index (κ3) is 4.08. The fraction of sp³-hybridized carbons (Fsp3) is 0.350. The number of rotatable bonds is 6. The topological polar surface area (TPSA) is 64.3 Å². The van der Waals surface area contributed by atoms with E-state index in [2.05, 4.69) is 20.1 Å². The Morgan fingerprint density at radius 2 is 1.77 bits per heavy atom. The van der Waals surface area contributed by atoms with E-state index in [1.165, 1.54) is 0 Å². The first-order valence-electron chi connectivity index (χ1n) is 9.02. The van der Waals surface area contributed by atoms with Crippen molar-refractivity contribution in [2.45, 2.75) is 18.8 Å². The van der Waals surface area contributed by atoms with Gasteiger partial charge in [0.1, 0.15) is 12.4 Å². The van der Waals surface area contributed by atoms with Gasteiger partial charge in [-0.3, -0.25) is 9.88 Å². The predicted molar refractivity (Wildman–Crippen MR) is 97.9 cm³/mol. The van der Waals surface area contributed by atoms with Crippen LogP contribution in [0.2, 0.25) is 0 Å². The van der Waals surface area contributed by atoms with Crippen molar-refractivity contribution in [2.75, 3.05) is 26.2 Å². The average molecular weight is 350 g/mol. The molecule has 0 N–H and O–H groups in total. The lowest BCUT2D eigenvalue weighted by molar-refractivity contribution is 0.166. The highest BCUT2D eigenvalue weighted by Crippen LogP contribution is 2.29. The molecule has 1 saturated heterocycles. The monoisotopic (exact) mass is 350 g/mol. The molecule has 0 atom stereocenters. The van der Waals surface area contributed by atoms with Crippen molar-refractivity contribution in [3.63, 3.8) is 0 Å². The highest BCUT2D eigenvalue weighted by atomic mass is 16.5. The van der Waals surface area contributed by atoms with Crippen LogP contribution in [-0.2, 0) is 0 Å². The summed E-state index contributed by atoms with van der Waals surface area (Å²) >= 11 is 0. The molecular formula is C20H22N4O2. The first kappa shape index (κ1) is 16.7. The maximum absolute atomic E-state index is 5.89. The van der Waals surface area contributed by atoms with Crippen LogP contribution in [0.1, 0.15) is 24.7 Å². The van der Waals surface area contributed by atoms with E-state index in [4.69, 9.17) is 9.15 Å². The van der Waals surface area contributed by atoms with E-state index in [-0.39, 0.29) is 0 Å². The molecule has 0 unspecified atom stereocenters. The maximum Gasteiger partial charge on any atom is 0.247 e. The summed E-state index contributed by atoms with van der Waals surface area (Å²) in [5.74, 6) is 2.58. The number of pyridine rings is 1. The van der Waals surface area contributed by atoms with Gasteiger partial charge in [-0.25, -0.2) is 0 Å². The highest BCUT2D eigenvalue weighted by Gasteiger charge is 2.25. The van der Waals surface area contributed by atoms with E-state index in [1.807, 2.05) is 42.5 Å². The zero-order valence-corrected chi connectivity index (χ0v) is 14.6. The van der Waals surface area contributed by atoms with Gasteiger partial charge in [-0.05, 0) is 50.2 Å². The summed E-state index contributed by atoms with van der Waals surface area (Å²) in [5.41, 5.74) is 0.911. The van der Waals surface area contributed by atoms with Gasteiger partial charge in [-0.2, -0.15) is 0 Å². The van der Waals surface area contributed by atoms with Crippen molar-refractivity contribution in [2.24, 2.45) is 0 Å². The van der Waals surface area contributed by atoms with Gasteiger partial charge in [-0.1, -0.05) is 18.2 Å². The van der Waals surface area contributed by atoms with Gasteiger partial charge in [-0.15, -0.1) is 10.2 Å². The molecule has 3 heterocycles. The molecule has 0 spiro atoms. The number of aromatic nitrogens is 3. The molecule has 0 bridgehead atoms. The molecule has 2 aromatic heterocycles. The van der Waals surface area contributed by atoms with E-state index < -0.39 is 0 Å². The number of likely N-dealkylation sites (tertiary alicyclic amines) is 1. The third-order valence-electron chi connectivity index (χ3n) is 4.72. The smallest absolute Gasteiger partial charge is 0.247 e. The Morgan fingerprint density at radius 1 is 1.00 bits per heavy atom. The minimum absolute atomic E-state index is 0.337. The second-order valence-corrected chi connectivity index (χ2v) is 6.46. The summed E-state index contributed by atoms with van der Waals surface area (Å²) in [4.78, 5) is 6.44. The Balaban J connectivity index is 1.25. The Morgan fingerprint density at radius 3 is 2.54 bits per heavy atom. The van der Waals surface area contributed by atoms with Crippen molar-refractivity contribution < 1.29 is 9.15 Å². The first-order chi connectivity index (χ1) is 12.9. The number of nitrogens with zero attached hydrogens (tertiary/aromatic N) is 4. The first-order valence-corrected chi connectivity index (χ1v) is 9.02. The van der Waals surface area contributed by atoms with E-state index in [0.717, 1.165) is 49.7 Å². The van der Waals surface area contributed by atoms with Crippen LogP contribution in [0.3, 0.4) is 0 Å². The Kier molecular flexibility index (Phi) is 5.21. The molecule has 6 heteroatoms. The molecule has 1 fully saturated rings. The summed E-state index contributed by atoms with van der Waals surface area (Å²) in [6.07, 6.45) is 5.52. The van der Waals surface area contributed by atoms with Crippen LogP contribution in [0.15, 0.2) is 59.3 Å². The van der Waals surface area contributed by atoms with Crippen molar-refractivity contribution in [1.29, 1.82) is 0 Å². The van der Waals surface area contributed by atoms with Crippen molar-refractivity contribution in [3.05, 3.63) is 60.7 Å². The van der Waals surface area contributed by atoms with Crippen LogP contribution in [0.4, 0.5) is 0 Å². The summed E-state index contributed by atoms with van der Waals surface area (Å²) < 4.78 is 11.7. The van der Waals surface area contributed by atoms with Crippen LogP contribution < -0.4 is 4.74 Å². The molecular weight excluding hydrogens is 328 g/mol. The van der Waals surface area contributed by atoms with Crippen LogP contribution in [0.5, 0.6) is 5.75 Å². The van der Waals surface area contributed by atoms with Gasteiger partial charge in [0.25, 0.3) is 0 Å². The second kappa shape index (κ2) is 8.10. The molecule has 6 nitrogen and oxygen atoms in total. The van der Waals surface area contributed by atoms with E-state index in [9.17, 15) is 0 Å². The zero-order chi connectivity index (χ0) is 17.6. The lowest BCUT2D eigenvalue weighted by atomic mass is 9.97. The quantitative estimate of drug-likeness (QED) is 0.679. The normalized spacial score (nSPS) is 15.8. The molecule has 1 aromatic carbocycles. The molecule has 0 radical (unpaired) electrons. The summed E-state index contributed by atoms with van der Waals surface area (Å²) in [6.45, 7) is 3.70. The summed E-state index contributed by atoms with van der Waals surface area (Å²) in [5, 5.41) is 8.45. The number of benzene rings is 1. The molecule has 0 amide bonds. The Hall–Kier alpha value is -2.73. The molecule has 0 aliphatic carbocycles. The van der Waals surface area contributed by atoms with Crippen molar-refractivity contribution in [3.8, 4) is 17.2 Å². The SMILES string of the molecule is c1ccc(OCCN2CCC(c3nnc(-c4ccncc4)o3)CC2)cc1. The predicted octanol–water partition coefficient (Wildman–Crippen LogP) is 3.39.